The van der Waals surface area contributed by atoms with Crippen molar-refractivity contribution in [1.29, 1.82) is 0 Å². The number of carbonyl (C=O) groups is 1. The first-order chi connectivity index (χ1) is 8.72. The van der Waals surface area contributed by atoms with E-state index in [4.69, 9.17) is 5.73 Å². The quantitative estimate of drug-likeness (QED) is 0.855. The van der Waals surface area contributed by atoms with Gasteiger partial charge in [-0.25, -0.2) is 0 Å². The molecule has 3 rings (SSSR count). The van der Waals surface area contributed by atoms with Gasteiger partial charge in [0, 0.05) is 37.1 Å². The molecular weight excluding hydrogens is 246 g/mol. The van der Waals surface area contributed by atoms with Crippen LogP contribution in [0.15, 0.2) is 11.4 Å². The molecule has 2 N–H and O–H groups in total. The lowest BCUT2D eigenvalue weighted by Gasteiger charge is -2.28. The molecule has 0 aromatic carbocycles. The average Bonchev–Trinajstić information content (AvgIpc) is 2.96. The zero-order valence-electron chi connectivity index (χ0n) is 10.5. The van der Waals surface area contributed by atoms with Gasteiger partial charge in [-0.15, -0.1) is 11.3 Å². The molecule has 2 aliphatic heterocycles. The maximum absolute atomic E-state index is 12.2. The number of nitrogens with zero attached hydrogens (tertiary/aromatic N) is 2. The van der Waals surface area contributed by atoms with Crippen molar-refractivity contribution in [2.24, 2.45) is 5.73 Å². The number of amides is 1. The van der Waals surface area contributed by atoms with Crippen molar-refractivity contribution >= 4 is 17.2 Å². The monoisotopic (exact) mass is 265 g/mol. The molecule has 0 saturated carbocycles. The Bertz CT molecular complexity index is 445. The topological polar surface area (TPSA) is 49.6 Å². The van der Waals surface area contributed by atoms with Crippen LogP contribution in [-0.2, 0) is 17.8 Å². The molecule has 18 heavy (non-hydrogen) atoms. The Hall–Kier alpha value is -0.910. The van der Waals surface area contributed by atoms with E-state index in [1.807, 2.05) is 16.2 Å². The van der Waals surface area contributed by atoms with Crippen molar-refractivity contribution in [3.05, 3.63) is 21.9 Å². The Labute approximate surface area is 111 Å². The lowest BCUT2D eigenvalue weighted by molar-refractivity contribution is -0.133. The smallest absolute Gasteiger partial charge is 0.237 e. The largest absolute Gasteiger partial charge is 0.337 e. The van der Waals surface area contributed by atoms with E-state index >= 15 is 0 Å². The first-order valence-electron chi connectivity index (χ1n) is 6.53. The molecule has 1 amide bonds. The van der Waals surface area contributed by atoms with Crippen LogP contribution in [0.3, 0.4) is 0 Å². The summed E-state index contributed by atoms with van der Waals surface area (Å²) in [6.07, 6.45) is 2.03. The van der Waals surface area contributed by atoms with Crippen LogP contribution in [0.2, 0.25) is 0 Å². The summed E-state index contributed by atoms with van der Waals surface area (Å²) in [5, 5.41) is 2.12. The van der Waals surface area contributed by atoms with Crippen LogP contribution in [0, 0.1) is 0 Å². The zero-order valence-corrected chi connectivity index (χ0v) is 11.3. The number of rotatable bonds is 2. The summed E-state index contributed by atoms with van der Waals surface area (Å²) in [5.74, 6) is 0.251. The molecule has 1 atom stereocenters. The van der Waals surface area contributed by atoms with Gasteiger partial charge in [-0.2, -0.15) is 0 Å². The van der Waals surface area contributed by atoms with E-state index in [9.17, 15) is 4.79 Å². The van der Waals surface area contributed by atoms with Crippen molar-refractivity contribution in [3.63, 3.8) is 0 Å². The van der Waals surface area contributed by atoms with Gasteiger partial charge in [-0.3, -0.25) is 9.69 Å². The standard InChI is InChI=1S/C13H19N3OS/c14-11-1-4-15(8-11)9-13(17)16-5-2-12-10(7-16)3-6-18-12/h3,6,11H,1-2,4-5,7-9,14H2/t11-/m1/s1. The van der Waals surface area contributed by atoms with Crippen molar-refractivity contribution in [2.45, 2.75) is 25.4 Å². The fraction of sp³-hybridized carbons (Fsp3) is 0.615. The third-order valence-corrected chi connectivity index (χ3v) is 4.85. The summed E-state index contributed by atoms with van der Waals surface area (Å²) in [5.41, 5.74) is 7.19. The third kappa shape index (κ3) is 2.43. The van der Waals surface area contributed by atoms with Gasteiger partial charge in [0.2, 0.25) is 5.91 Å². The van der Waals surface area contributed by atoms with Gasteiger partial charge in [0.15, 0.2) is 0 Å². The number of hydrogen-bond acceptors (Lipinski definition) is 4. The lowest BCUT2D eigenvalue weighted by Crippen LogP contribution is -2.42. The van der Waals surface area contributed by atoms with E-state index in [-0.39, 0.29) is 11.9 Å². The number of thiophene rings is 1. The third-order valence-electron chi connectivity index (χ3n) is 3.83. The molecule has 0 spiro atoms. The molecule has 4 nitrogen and oxygen atoms in total. The highest BCUT2D eigenvalue weighted by molar-refractivity contribution is 7.10. The van der Waals surface area contributed by atoms with Crippen molar-refractivity contribution in [3.8, 4) is 0 Å². The van der Waals surface area contributed by atoms with Gasteiger partial charge in [0.1, 0.15) is 0 Å². The summed E-state index contributed by atoms with van der Waals surface area (Å²) in [6.45, 7) is 4.02. The van der Waals surface area contributed by atoms with Gasteiger partial charge in [0.25, 0.3) is 0 Å². The summed E-state index contributed by atoms with van der Waals surface area (Å²) in [6, 6.07) is 2.40. The van der Waals surface area contributed by atoms with Crippen LogP contribution >= 0.6 is 11.3 Å². The molecule has 98 valence electrons. The molecule has 1 saturated heterocycles. The number of nitrogens with two attached hydrogens (primary N) is 1. The highest BCUT2D eigenvalue weighted by Crippen LogP contribution is 2.24. The number of fused-ring (bicyclic) bond motifs is 1. The highest BCUT2D eigenvalue weighted by Gasteiger charge is 2.26. The van der Waals surface area contributed by atoms with Crippen molar-refractivity contribution < 1.29 is 4.79 Å². The van der Waals surface area contributed by atoms with Crippen LogP contribution in [0.25, 0.3) is 0 Å². The van der Waals surface area contributed by atoms with Crippen LogP contribution in [-0.4, -0.2) is 47.9 Å². The van der Waals surface area contributed by atoms with Crippen LogP contribution in [0.4, 0.5) is 0 Å². The van der Waals surface area contributed by atoms with Gasteiger partial charge < -0.3 is 10.6 Å². The SMILES string of the molecule is N[C@@H]1CCN(CC(=O)N2CCc3sccc3C2)C1. The van der Waals surface area contributed by atoms with E-state index in [1.54, 1.807) is 0 Å². The van der Waals surface area contributed by atoms with Gasteiger partial charge >= 0.3 is 0 Å². The fourth-order valence-electron chi connectivity index (χ4n) is 2.76. The van der Waals surface area contributed by atoms with Crippen LogP contribution < -0.4 is 5.73 Å². The molecule has 0 radical (unpaired) electrons. The lowest BCUT2D eigenvalue weighted by atomic mass is 10.1. The van der Waals surface area contributed by atoms with E-state index in [1.165, 1.54) is 10.4 Å². The molecule has 5 heteroatoms. The Morgan fingerprint density at radius 2 is 2.39 bits per heavy atom. The molecule has 3 heterocycles. The zero-order chi connectivity index (χ0) is 12.5. The molecule has 0 aliphatic carbocycles. The first-order valence-corrected chi connectivity index (χ1v) is 7.41. The second-order valence-electron chi connectivity index (χ2n) is 5.22. The maximum atomic E-state index is 12.2. The Morgan fingerprint density at radius 1 is 1.50 bits per heavy atom. The minimum Gasteiger partial charge on any atom is -0.337 e. The number of carbonyl (C=O) groups excluding carboxylic acids is 1. The summed E-state index contributed by atoms with van der Waals surface area (Å²) < 4.78 is 0. The highest BCUT2D eigenvalue weighted by atomic mass is 32.1. The Morgan fingerprint density at radius 3 is 3.17 bits per heavy atom. The van der Waals surface area contributed by atoms with Crippen LogP contribution in [0.5, 0.6) is 0 Å². The van der Waals surface area contributed by atoms with Crippen LogP contribution in [0.1, 0.15) is 16.9 Å². The second-order valence-corrected chi connectivity index (χ2v) is 6.22. The maximum Gasteiger partial charge on any atom is 0.237 e. The van der Waals surface area contributed by atoms with E-state index in [2.05, 4.69) is 16.3 Å². The predicted molar refractivity (Wildman–Crippen MR) is 72.5 cm³/mol. The number of likely N-dealkylation sites (tertiary alicyclic amines) is 1. The van der Waals surface area contributed by atoms with Gasteiger partial charge in [-0.05, 0) is 29.9 Å². The first kappa shape index (κ1) is 12.1. The predicted octanol–water partition coefficient (Wildman–Crippen LogP) is 0.666. The van der Waals surface area contributed by atoms with E-state index in [0.717, 1.165) is 39.0 Å². The average molecular weight is 265 g/mol. The number of hydrogen-bond donors (Lipinski definition) is 1. The molecule has 1 aromatic rings. The fourth-order valence-corrected chi connectivity index (χ4v) is 3.65. The Balaban J connectivity index is 1.58. The molecular formula is C13H19N3OS. The minimum absolute atomic E-state index is 0.251. The molecule has 1 aromatic heterocycles. The normalized spacial score (nSPS) is 24.3. The van der Waals surface area contributed by atoms with Gasteiger partial charge in [-0.1, -0.05) is 0 Å². The molecule has 0 bridgehead atoms. The minimum atomic E-state index is 0.251. The second kappa shape index (κ2) is 4.99. The van der Waals surface area contributed by atoms with Gasteiger partial charge in [0.05, 0.1) is 6.54 Å². The Kier molecular flexibility index (Phi) is 3.37. The molecule has 0 unspecified atom stereocenters. The molecule has 1 fully saturated rings. The van der Waals surface area contributed by atoms with Crippen molar-refractivity contribution in [1.82, 2.24) is 9.80 Å². The van der Waals surface area contributed by atoms with Crippen molar-refractivity contribution in [2.75, 3.05) is 26.2 Å². The molecule has 2 aliphatic rings. The summed E-state index contributed by atoms with van der Waals surface area (Å²) in [7, 11) is 0. The van der Waals surface area contributed by atoms with E-state index in [0.29, 0.717) is 6.54 Å². The summed E-state index contributed by atoms with van der Waals surface area (Å²) in [4.78, 5) is 17.8. The summed E-state index contributed by atoms with van der Waals surface area (Å²) >= 11 is 1.81. The van der Waals surface area contributed by atoms with E-state index < -0.39 is 0 Å².